The van der Waals surface area contributed by atoms with Gasteiger partial charge in [0.1, 0.15) is 58.3 Å². The lowest BCUT2D eigenvalue weighted by Gasteiger charge is -2.32. The third-order valence-electron chi connectivity index (χ3n) is 25.7. The molecule has 2 aliphatic carbocycles. The lowest BCUT2D eigenvalue weighted by atomic mass is 9.89. The first-order valence-corrected chi connectivity index (χ1v) is 50.1. The van der Waals surface area contributed by atoms with Crippen LogP contribution in [0.5, 0.6) is 0 Å². The van der Waals surface area contributed by atoms with Crippen molar-refractivity contribution in [1.29, 1.82) is 0 Å². The molecular formula is C96H131FN20O12S4. The minimum atomic E-state index is -1.48. The molecule has 8 aliphatic rings. The monoisotopic (exact) mass is 1900 g/mol. The van der Waals surface area contributed by atoms with Crippen LogP contribution >= 0.6 is 45.3 Å². The molecule has 2 saturated carbocycles. The third-order valence-corrected chi connectivity index (χ3v) is 30.0. The van der Waals surface area contributed by atoms with Crippen molar-refractivity contribution >= 4 is 116 Å². The quantitative estimate of drug-likeness (QED) is 0.0284. The number of pyridine rings is 4. The molecule has 8 aromatic heterocycles. The number of hydrogen-bond donors (Lipinski definition) is 10. The molecule has 13 atom stereocenters. The van der Waals surface area contributed by atoms with E-state index in [1.54, 1.807) is 29.7 Å². The summed E-state index contributed by atoms with van der Waals surface area (Å²) in [5.41, 5.74) is 7.85. The van der Waals surface area contributed by atoms with Crippen molar-refractivity contribution in [1.82, 2.24) is 80.3 Å². The number of alkyl halides is 1. The molecule has 0 bridgehead atoms. The summed E-state index contributed by atoms with van der Waals surface area (Å²) in [6, 6.07) is 8.47. The van der Waals surface area contributed by atoms with Crippen LogP contribution in [0.4, 0.5) is 27.7 Å². The molecule has 6 saturated heterocycles. The van der Waals surface area contributed by atoms with Crippen molar-refractivity contribution in [2.45, 2.75) is 311 Å². The maximum absolute atomic E-state index is 13.8. The van der Waals surface area contributed by atoms with Crippen LogP contribution in [0.3, 0.4) is 0 Å². The zero-order chi connectivity index (χ0) is 95.9. The zero-order valence-corrected chi connectivity index (χ0v) is 83.0. The van der Waals surface area contributed by atoms with E-state index in [2.05, 4.69) is 132 Å². The molecule has 133 heavy (non-hydrogen) atoms. The van der Waals surface area contributed by atoms with E-state index in [-0.39, 0.29) is 129 Å². The van der Waals surface area contributed by atoms with Gasteiger partial charge in [-0.1, -0.05) is 13.8 Å². The van der Waals surface area contributed by atoms with Crippen LogP contribution in [-0.2, 0) is 4.74 Å². The first-order valence-electron chi connectivity index (χ1n) is 46.9. The van der Waals surface area contributed by atoms with E-state index in [4.69, 9.17) is 4.74 Å². The number of likely N-dealkylation sites (tertiary alicyclic amines) is 5. The van der Waals surface area contributed by atoms with Crippen molar-refractivity contribution in [2.24, 2.45) is 0 Å². The van der Waals surface area contributed by atoms with Gasteiger partial charge in [0.2, 0.25) is 0 Å². The number of aromatic nitrogens is 8. The molecule has 718 valence electrons. The Labute approximate surface area is 794 Å². The number of β-amino-alcohol motifs (C(OH)–C–C–N with tert-alkyl or cyclic N) is 1. The van der Waals surface area contributed by atoms with Gasteiger partial charge >= 0.3 is 0 Å². The molecule has 0 unspecified atom stereocenters. The maximum Gasteiger partial charge on any atom is 0.283 e. The Bertz CT molecular complexity index is 5370. The number of nitrogens with zero attached hydrogens (tertiary/aromatic N) is 13. The van der Waals surface area contributed by atoms with Crippen LogP contribution in [0, 0.1) is 27.7 Å². The molecule has 0 radical (unpaired) electrons. The molecular weight excluding hydrogens is 1770 g/mol. The van der Waals surface area contributed by atoms with Gasteiger partial charge in [-0.3, -0.25) is 38.4 Å². The van der Waals surface area contributed by atoms with Crippen molar-refractivity contribution in [3.05, 3.63) is 114 Å². The van der Waals surface area contributed by atoms with Crippen LogP contribution < -0.4 is 37.2 Å². The average molecular weight is 1900 g/mol. The Morgan fingerprint density at radius 2 is 0.752 bits per heavy atom. The van der Waals surface area contributed by atoms with Gasteiger partial charge in [-0.25, -0.2) is 44.3 Å². The lowest BCUT2D eigenvalue weighted by molar-refractivity contribution is 0.0447. The second-order valence-corrected chi connectivity index (χ2v) is 42.7. The van der Waals surface area contributed by atoms with Gasteiger partial charge in [-0.2, -0.15) is 0 Å². The number of carbonyl (C=O) groups excluding carboxylic acids is 8. The molecule has 8 amide bonds. The topological polar surface area (TPSA) is 410 Å². The molecule has 8 fully saturated rings. The van der Waals surface area contributed by atoms with E-state index in [0.717, 1.165) is 163 Å². The van der Waals surface area contributed by atoms with E-state index < -0.39 is 30.4 Å². The number of aliphatic hydroxyl groups is 3. The minimum Gasteiger partial charge on any atom is -0.391 e. The summed E-state index contributed by atoms with van der Waals surface area (Å²) in [6.45, 7) is 40.5. The summed E-state index contributed by atoms with van der Waals surface area (Å²) in [5.74, 6) is 1.01. The van der Waals surface area contributed by atoms with Gasteiger partial charge in [0.05, 0.1) is 69.5 Å². The van der Waals surface area contributed by atoms with Crippen LogP contribution in [-0.4, -0.2) is 269 Å². The number of rotatable bonds is 23. The fourth-order valence-corrected chi connectivity index (χ4v) is 21.3. The molecule has 14 heterocycles. The van der Waals surface area contributed by atoms with E-state index in [9.17, 15) is 58.1 Å². The van der Waals surface area contributed by atoms with Crippen molar-refractivity contribution in [2.75, 3.05) is 73.7 Å². The molecule has 10 N–H and O–H groups in total. The number of amides is 8. The Balaban J connectivity index is 0.000000151. The van der Waals surface area contributed by atoms with Gasteiger partial charge in [-0.15, -0.1) is 45.3 Å². The molecule has 8 aromatic rings. The summed E-state index contributed by atoms with van der Waals surface area (Å²) < 4.78 is 19.2. The smallest absolute Gasteiger partial charge is 0.283 e. The van der Waals surface area contributed by atoms with Gasteiger partial charge < -0.3 is 81.8 Å². The van der Waals surface area contributed by atoms with Crippen molar-refractivity contribution < 1.29 is 62.8 Å². The van der Waals surface area contributed by atoms with E-state index in [1.165, 1.54) is 38.9 Å². The average Bonchev–Trinajstić information content (AvgIpc) is 1.96. The summed E-state index contributed by atoms with van der Waals surface area (Å²) in [5, 5.41) is 52.5. The highest BCUT2D eigenvalue weighted by Crippen LogP contribution is 2.42. The summed E-state index contributed by atoms with van der Waals surface area (Å²) in [7, 11) is 0. The highest BCUT2D eigenvalue weighted by atomic mass is 32.1. The molecule has 0 spiro atoms. The standard InChI is InChI=1S/C24H32FN5O3S.3C24H33N5O3S/c1-13-9-18(28-24(3,4)5)26-10-15(13)20-19(22(32)30-8-6-7-14(30)2)27-21(34-20)23(33)29-11-16(25)17(31)12-29;1-14-11-18(28-24(3,4)5)25-12-17(14)20-19(23(31)29-9-6-7-15(29)2)27-22(33-20)21(30)26-16-8-10-32-13-16;2*1-5-14(3)26-19-11-13(2)16(12-25-19)21-20(24(32)29-10-6-7-15(29)4)28-23(33-21)22(31)27-17-8-9-18(17)30/h9-10,14,16-17,31H,6-8,11-12H2,1-5H3,(H,26,28);11-12,15-16H,6-10,13H2,1-5H3,(H,25,28)(H,26,30);2*11-12,14-15,17-18,30H,5-10H2,1-4H3,(H,25,26)(H,27,31)/t14-,16+,17+;15-,16+;14-,15+,17+,18+;14-,15+,17-,18-/m0011/s1. The highest BCUT2D eigenvalue weighted by molar-refractivity contribution is 7.18. The number of aryl methyl sites for hydroxylation is 4. The van der Waals surface area contributed by atoms with Crippen molar-refractivity contribution in [3.8, 4) is 41.8 Å². The Morgan fingerprint density at radius 1 is 0.436 bits per heavy atom. The maximum atomic E-state index is 13.8. The summed E-state index contributed by atoms with van der Waals surface area (Å²) in [6.07, 6.45) is 16.6. The molecule has 0 aromatic carbocycles. The SMILES string of the molecule is CC[C@@H](C)Nc1cc(C)c(-c2sc(C(=O)N[C@@H]3CC[C@H]3O)nc2C(=O)N2CCC[C@@H]2C)cn1.CC[C@@H](C)Nc1cc(C)c(-c2sc(C(=O)N[C@H]3CC[C@@H]3O)nc2C(=O)N2CCC[C@@H]2C)cn1.Cc1cc(NC(C)(C)C)ncc1-c1sc(C(=O)N2C[C@@H](O)[C@H](F)C2)nc1C(=O)N1CCC[C@@H]1C.Cc1cc(NC(C)(C)C)ncc1-c1sc(C(=O)N[C@@H]2CCOC2)nc1C(=O)N1CCC[C@@H]1C. The first-order chi connectivity index (χ1) is 63.1. The van der Waals surface area contributed by atoms with E-state index in [0.29, 0.717) is 106 Å². The Hall–Kier alpha value is -10.2. The normalized spacial score (nSPS) is 22.5. The minimum absolute atomic E-state index is 0.0197. The highest BCUT2D eigenvalue weighted by Gasteiger charge is 2.42. The molecule has 16 rings (SSSR count). The largest absolute Gasteiger partial charge is 0.391 e. The lowest BCUT2D eigenvalue weighted by Crippen LogP contribution is -2.50. The molecule has 6 aliphatic heterocycles. The van der Waals surface area contributed by atoms with Crippen LogP contribution in [0.1, 0.15) is 297 Å². The predicted molar refractivity (Wildman–Crippen MR) is 519 cm³/mol. The fourth-order valence-electron chi connectivity index (χ4n) is 17.1. The molecule has 32 nitrogen and oxygen atoms in total. The Kier molecular flexibility index (Phi) is 32.6. The Morgan fingerprint density at radius 3 is 1.02 bits per heavy atom. The second-order valence-electron chi connectivity index (χ2n) is 38.7. The van der Waals surface area contributed by atoms with Crippen LogP contribution in [0.25, 0.3) is 41.8 Å². The number of carbonyl (C=O) groups is 8. The number of aliphatic hydroxyl groups excluding tert-OH is 3. The number of halogens is 1. The van der Waals surface area contributed by atoms with E-state index in [1.807, 2.05) is 108 Å². The van der Waals surface area contributed by atoms with Gasteiger partial charge in [-0.05, 0) is 254 Å². The number of nitrogens with one attached hydrogen (secondary N) is 7. The second kappa shape index (κ2) is 43.2. The number of thiazole rings is 4. The van der Waals surface area contributed by atoms with Crippen LogP contribution in [0.15, 0.2) is 49.1 Å². The summed E-state index contributed by atoms with van der Waals surface area (Å²) in [4.78, 5) is 153. The number of hydrogen-bond acceptors (Lipinski definition) is 28. The van der Waals surface area contributed by atoms with Crippen LogP contribution in [0.2, 0.25) is 0 Å². The fraction of sp³-hybridized carbons (Fsp3) is 0.583. The third kappa shape index (κ3) is 24.2. The van der Waals surface area contributed by atoms with E-state index >= 15 is 0 Å². The summed E-state index contributed by atoms with van der Waals surface area (Å²) >= 11 is 4.80. The number of ether oxygens (including phenoxy) is 1. The van der Waals surface area contributed by atoms with Gasteiger partial charge in [0.15, 0.2) is 20.0 Å². The predicted octanol–water partition coefficient (Wildman–Crippen LogP) is 14.6. The van der Waals surface area contributed by atoms with Gasteiger partial charge in [0.25, 0.3) is 47.3 Å². The zero-order valence-electron chi connectivity index (χ0n) is 79.7. The van der Waals surface area contributed by atoms with Crippen molar-refractivity contribution in [3.63, 3.8) is 0 Å². The van der Waals surface area contributed by atoms with Gasteiger partial charge in [0, 0.05) is 127 Å². The number of anilines is 4. The first kappa shape index (κ1) is 100. The molecule has 37 heteroatoms.